The van der Waals surface area contributed by atoms with Crippen molar-refractivity contribution in [2.45, 2.75) is 6.92 Å². The van der Waals surface area contributed by atoms with E-state index < -0.39 is 0 Å². The Hall–Kier alpha value is -2.60. The van der Waals surface area contributed by atoms with Crippen molar-refractivity contribution in [3.05, 3.63) is 59.4 Å². The molecule has 0 fully saturated rings. The van der Waals surface area contributed by atoms with E-state index in [4.69, 9.17) is 0 Å². The Morgan fingerprint density at radius 3 is 2.48 bits per heavy atom. The molecular weight excluding hydrogens is 284 g/mol. The molecule has 3 aromatic rings. The molecule has 0 atom stereocenters. The van der Waals surface area contributed by atoms with Crippen molar-refractivity contribution in [1.29, 1.82) is 0 Å². The number of carbonyl (C=O) groups is 1. The van der Waals surface area contributed by atoms with Crippen LogP contribution in [0.4, 0.5) is 5.13 Å². The predicted molar refractivity (Wildman–Crippen MR) is 82.3 cm³/mol. The number of nitrogens with zero attached hydrogens (tertiary/aromatic N) is 3. The highest BCUT2D eigenvalue weighted by Gasteiger charge is 2.10. The lowest BCUT2D eigenvalue weighted by Gasteiger charge is -2.03. The van der Waals surface area contributed by atoms with Gasteiger partial charge in [0.15, 0.2) is 11.0 Å². The largest absolute Gasteiger partial charge is 0.298 e. The molecule has 2 heterocycles. The van der Waals surface area contributed by atoms with Crippen LogP contribution in [-0.4, -0.2) is 20.9 Å². The number of rotatable bonds is 3. The summed E-state index contributed by atoms with van der Waals surface area (Å²) in [5.41, 5.74) is 2.20. The maximum Gasteiger partial charge on any atom is 0.260 e. The van der Waals surface area contributed by atoms with Crippen LogP contribution in [0.3, 0.4) is 0 Å². The minimum absolute atomic E-state index is 0.260. The van der Waals surface area contributed by atoms with Gasteiger partial charge in [0.05, 0.1) is 11.3 Å². The number of aryl methyl sites for hydroxylation is 1. The number of anilines is 1. The number of aromatic nitrogens is 3. The Kier molecular flexibility index (Phi) is 3.70. The van der Waals surface area contributed by atoms with Crippen LogP contribution >= 0.6 is 11.3 Å². The third-order valence-electron chi connectivity index (χ3n) is 2.79. The molecule has 1 N–H and O–H groups in total. The van der Waals surface area contributed by atoms with Crippen LogP contribution in [0, 0.1) is 6.92 Å². The molecule has 0 aliphatic heterocycles. The number of carbonyl (C=O) groups excluding carboxylic acids is 1. The molecule has 1 amide bonds. The lowest BCUT2D eigenvalue weighted by molar-refractivity contribution is 0.102. The van der Waals surface area contributed by atoms with E-state index >= 15 is 0 Å². The predicted octanol–water partition coefficient (Wildman–Crippen LogP) is 3.16. The van der Waals surface area contributed by atoms with E-state index in [-0.39, 0.29) is 5.91 Å². The van der Waals surface area contributed by atoms with Gasteiger partial charge in [0.25, 0.3) is 5.91 Å². The summed E-state index contributed by atoms with van der Waals surface area (Å²) in [7, 11) is 0. The second-order valence-corrected chi connectivity index (χ2v) is 5.27. The Labute approximate surface area is 125 Å². The van der Waals surface area contributed by atoms with Crippen molar-refractivity contribution < 1.29 is 4.79 Å². The molecule has 21 heavy (non-hydrogen) atoms. The maximum absolute atomic E-state index is 12.0. The molecule has 0 saturated carbocycles. The minimum Gasteiger partial charge on any atom is -0.298 e. The number of thiazole rings is 1. The van der Waals surface area contributed by atoms with E-state index in [2.05, 4.69) is 20.3 Å². The quantitative estimate of drug-likeness (QED) is 0.806. The first-order chi connectivity index (χ1) is 10.2. The zero-order chi connectivity index (χ0) is 14.7. The second-order valence-electron chi connectivity index (χ2n) is 4.41. The molecule has 0 radical (unpaired) electrons. The van der Waals surface area contributed by atoms with Crippen LogP contribution in [0.15, 0.2) is 48.1 Å². The second kappa shape index (κ2) is 5.80. The molecule has 0 bridgehead atoms. The van der Waals surface area contributed by atoms with E-state index in [1.54, 1.807) is 0 Å². The van der Waals surface area contributed by atoms with E-state index in [1.807, 2.05) is 42.6 Å². The van der Waals surface area contributed by atoms with E-state index in [0.717, 1.165) is 11.3 Å². The van der Waals surface area contributed by atoms with Gasteiger partial charge in [-0.05, 0) is 6.92 Å². The van der Waals surface area contributed by atoms with Crippen LogP contribution in [0.5, 0.6) is 0 Å². The number of amides is 1. The van der Waals surface area contributed by atoms with Gasteiger partial charge in [-0.3, -0.25) is 10.1 Å². The lowest BCUT2D eigenvalue weighted by atomic mass is 10.2. The first kappa shape index (κ1) is 13.4. The van der Waals surface area contributed by atoms with Gasteiger partial charge in [0.2, 0.25) is 0 Å². The van der Waals surface area contributed by atoms with Crippen molar-refractivity contribution in [3.8, 4) is 11.4 Å². The van der Waals surface area contributed by atoms with E-state index in [0.29, 0.717) is 16.5 Å². The molecule has 0 unspecified atom stereocenters. The number of hydrogen-bond donors (Lipinski definition) is 1. The molecule has 3 rings (SSSR count). The first-order valence-electron chi connectivity index (χ1n) is 6.33. The van der Waals surface area contributed by atoms with Crippen molar-refractivity contribution in [2.75, 3.05) is 5.32 Å². The highest BCUT2D eigenvalue weighted by Crippen LogP contribution is 2.16. The first-order valence-corrected chi connectivity index (χ1v) is 7.21. The van der Waals surface area contributed by atoms with Crippen LogP contribution < -0.4 is 5.32 Å². The summed E-state index contributed by atoms with van der Waals surface area (Å²) < 4.78 is 0. The van der Waals surface area contributed by atoms with Gasteiger partial charge < -0.3 is 0 Å². The van der Waals surface area contributed by atoms with Crippen LogP contribution in [0.2, 0.25) is 0 Å². The molecule has 1 aromatic carbocycles. The monoisotopic (exact) mass is 296 g/mol. The van der Waals surface area contributed by atoms with Crippen molar-refractivity contribution in [1.82, 2.24) is 15.0 Å². The Balaban J connectivity index is 1.76. The average Bonchev–Trinajstić information content (AvgIpc) is 2.93. The molecule has 0 aliphatic rings. The van der Waals surface area contributed by atoms with Gasteiger partial charge >= 0.3 is 0 Å². The Bertz CT molecular complexity index is 753. The third-order valence-corrected chi connectivity index (χ3v) is 3.66. The third kappa shape index (κ3) is 3.11. The van der Waals surface area contributed by atoms with Gasteiger partial charge in [-0.25, -0.2) is 15.0 Å². The minimum atomic E-state index is -0.260. The smallest absolute Gasteiger partial charge is 0.260 e. The van der Waals surface area contributed by atoms with Crippen LogP contribution in [-0.2, 0) is 0 Å². The Morgan fingerprint density at radius 1 is 1.14 bits per heavy atom. The Morgan fingerprint density at radius 2 is 1.86 bits per heavy atom. The normalized spacial score (nSPS) is 10.3. The number of nitrogens with one attached hydrogen (secondary N) is 1. The fourth-order valence-corrected chi connectivity index (χ4v) is 2.45. The summed E-state index contributed by atoms with van der Waals surface area (Å²) >= 11 is 1.39. The van der Waals surface area contributed by atoms with Gasteiger partial charge in [-0.1, -0.05) is 30.3 Å². The topological polar surface area (TPSA) is 67.8 Å². The summed E-state index contributed by atoms with van der Waals surface area (Å²) in [6.07, 6.45) is 3.04. The molecule has 6 heteroatoms. The van der Waals surface area contributed by atoms with Gasteiger partial charge in [-0.15, -0.1) is 11.3 Å². The van der Waals surface area contributed by atoms with E-state index in [9.17, 15) is 4.79 Å². The zero-order valence-corrected chi connectivity index (χ0v) is 12.1. The highest BCUT2D eigenvalue weighted by atomic mass is 32.1. The summed E-state index contributed by atoms with van der Waals surface area (Å²) in [6.45, 7) is 1.88. The van der Waals surface area contributed by atoms with Crippen LogP contribution in [0.25, 0.3) is 11.4 Å². The van der Waals surface area contributed by atoms with Crippen LogP contribution in [0.1, 0.15) is 16.1 Å². The molecule has 0 saturated heterocycles. The molecule has 0 spiro atoms. The van der Waals surface area contributed by atoms with Crippen molar-refractivity contribution >= 4 is 22.4 Å². The van der Waals surface area contributed by atoms with E-state index in [1.165, 1.54) is 23.7 Å². The number of hydrogen-bond acceptors (Lipinski definition) is 5. The molecule has 104 valence electrons. The maximum atomic E-state index is 12.0. The molecule has 0 aliphatic carbocycles. The standard InChI is InChI=1S/C15H12N4OS/c1-10-9-21-15(18-10)19-14(20)12-7-16-13(17-8-12)11-5-3-2-4-6-11/h2-9H,1H3,(H,18,19,20). The summed E-state index contributed by atoms with van der Waals surface area (Å²) in [6, 6.07) is 9.62. The summed E-state index contributed by atoms with van der Waals surface area (Å²) in [4.78, 5) is 24.7. The fraction of sp³-hybridized carbons (Fsp3) is 0.0667. The van der Waals surface area contributed by atoms with Crippen molar-refractivity contribution in [3.63, 3.8) is 0 Å². The fourth-order valence-electron chi connectivity index (χ4n) is 1.76. The van der Waals surface area contributed by atoms with Gasteiger partial charge in [-0.2, -0.15) is 0 Å². The molecule has 5 nitrogen and oxygen atoms in total. The summed E-state index contributed by atoms with van der Waals surface area (Å²) in [5, 5.41) is 5.18. The average molecular weight is 296 g/mol. The van der Waals surface area contributed by atoms with Gasteiger partial charge in [0, 0.05) is 23.3 Å². The number of benzene rings is 1. The lowest BCUT2D eigenvalue weighted by Crippen LogP contribution is -2.12. The molecular formula is C15H12N4OS. The highest BCUT2D eigenvalue weighted by molar-refractivity contribution is 7.13. The van der Waals surface area contributed by atoms with Crippen molar-refractivity contribution in [2.24, 2.45) is 0 Å². The SMILES string of the molecule is Cc1csc(NC(=O)c2cnc(-c3ccccc3)nc2)n1. The van der Waals surface area contributed by atoms with Gasteiger partial charge in [0.1, 0.15) is 0 Å². The molecule has 2 aromatic heterocycles. The summed E-state index contributed by atoms with van der Waals surface area (Å²) in [5.74, 6) is 0.334. The zero-order valence-electron chi connectivity index (χ0n) is 11.3.